The molecule has 1 fully saturated rings. The number of thioether (sulfide) groups is 1. The minimum absolute atomic E-state index is 0.119. The number of rotatable bonds is 5. The molecule has 156 valence electrons. The normalized spacial score (nSPS) is 17.1. The van der Waals surface area contributed by atoms with Crippen molar-refractivity contribution in [1.82, 2.24) is 4.90 Å². The number of hydrogen-bond donors (Lipinski definition) is 2. The molecular formula is C22H23N3O4S. The molecular weight excluding hydrogens is 402 g/mol. The number of ether oxygens (including phenoxy) is 1. The van der Waals surface area contributed by atoms with Crippen molar-refractivity contribution in [3.63, 3.8) is 0 Å². The van der Waals surface area contributed by atoms with Crippen molar-refractivity contribution in [2.45, 2.75) is 10.9 Å². The van der Waals surface area contributed by atoms with Crippen LogP contribution in [0.5, 0.6) is 0 Å². The van der Waals surface area contributed by atoms with Crippen LogP contribution in [0.1, 0.15) is 10.6 Å². The van der Waals surface area contributed by atoms with E-state index in [1.165, 1.54) is 0 Å². The molecule has 1 saturated heterocycles. The molecule has 3 aromatic rings. The van der Waals surface area contributed by atoms with Gasteiger partial charge in [0.2, 0.25) is 5.91 Å². The molecule has 1 aromatic heterocycles. The fourth-order valence-electron chi connectivity index (χ4n) is 3.35. The molecule has 2 amide bonds. The van der Waals surface area contributed by atoms with Gasteiger partial charge < -0.3 is 19.8 Å². The monoisotopic (exact) mass is 425 g/mol. The van der Waals surface area contributed by atoms with Crippen molar-refractivity contribution in [2.24, 2.45) is 0 Å². The van der Waals surface area contributed by atoms with Gasteiger partial charge in [-0.1, -0.05) is 12.1 Å². The zero-order valence-corrected chi connectivity index (χ0v) is 17.6. The molecule has 4 rings (SSSR count). The molecule has 1 aliphatic heterocycles. The number of anilines is 2. The number of carbonyl (C=O) groups excluding carboxylic acids is 2. The van der Waals surface area contributed by atoms with Crippen LogP contribution in [0.15, 0.2) is 57.8 Å². The first-order chi connectivity index (χ1) is 14.5. The van der Waals surface area contributed by atoms with Crippen LogP contribution < -0.4 is 10.6 Å². The summed E-state index contributed by atoms with van der Waals surface area (Å²) in [5, 5.41) is 6.55. The Labute approximate surface area is 178 Å². The summed E-state index contributed by atoms with van der Waals surface area (Å²) in [6.45, 7) is 1.72. The van der Waals surface area contributed by atoms with E-state index < -0.39 is 0 Å². The summed E-state index contributed by atoms with van der Waals surface area (Å²) in [7, 11) is 1.91. The third kappa shape index (κ3) is 4.35. The van der Waals surface area contributed by atoms with Gasteiger partial charge in [0.05, 0.1) is 18.9 Å². The van der Waals surface area contributed by atoms with Crippen molar-refractivity contribution in [1.29, 1.82) is 0 Å². The number of nitrogens with zero attached hydrogens (tertiary/aromatic N) is 1. The summed E-state index contributed by atoms with van der Waals surface area (Å²) < 4.78 is 11.1. The summed E-state index contributed by atoms with van der Waals surface area (Å²) in [6, 6.07) is 14.3. The Morgan fingerprint density at radius 1 is 1.13 bits per heavy atom. The Morgan fingerprint density at radius 2 is 1.97 bits per heavy atom. The van der Waals surface area contributed by atoms with Gasteiger partial charge in [-0.25, -0.2) is 0 Å². The molecule has 0 saturated carbocycles. The first-order valence-electron chi connectivity index (χ1n) is 9.62. The molecule has 30 heavy (non-hydrogen) atoms. The highest BCUT2D eigenvalue weighted by atomic mass is 32.2. The third-order valence-electron chi connectivity index (χ3n) is 5.06. The SMILES string of the molecule is CSc1ccccc1NC(=O)c1cc2cc(NC(=O)[C@@H]3COCCN3C)ccc2o1. The first kappa shape index (κ1) is 20.5. The maximum absolute atomic E-state index is 12.7. The highest BCUT2D eigenvalue weighted by molar-refractivity contribution is 7.98. The molecule has 8 heteroatoms. The number of morpholine rings is 1. The van der Waals surface area contributed by atoms with E-state index in [-0.39, 0.29) is 23.6 Å². The highest BCUT2D eigenvalue weighted by Crippen LogP contribution is 2.27. The third-order valence-corrected chi connectivity index (χ3v) is 5.86. The smallest absolute Gasteiger partial charge is 0.291 e. The molecule has 0 bridgehead atoms. The number of likely N-dealkylation sites (N-methyl/N-ethyl adjacent to an activating group) is 1. The largest absolute Gasteiger partial charge is 0.451 e. The van der Waals surface area contributed by atoms with Crippen molar-refractivity contribution >= 4 is 45.9 Å². The number of benzene rings is 2. The minimum Gasteiger partial charge on any atom is -0.451 e. The number of para-hydroxylation sites is 1. The zero-order valence-electron chi connectivity index (χ0n) is 16.8. The second kappa shape index (κ2) is 8.91. The standard InChI is InChI=1S/C22H23N3O4S/c1-25-9-10-28-13-17(25)21(26)23-15-7-8-18-14(11-15)12-19(29-18)22(27)24-16-5-3-4-6-20(16)30-2/h3-8,11-12,17H,9-10,13H2,1-2H3,(H,23,26)(H,24,27)/t17-/m0/s1. The predicted octanol–water partition coefficient (Wildman–Crippen LogP) is 3.68. The van der Waals surface area contributed by atoms with Crippen LogP contribution in [0, 0.1) is 0 Å². The van der Waals surface area contributed by atoms with Crippen molar-refractivity contribution in [2.75, 3.05) is 43.7 Å². The van der Waals surface area contributed by atoms with Crippen LogP contribution in [0.2, 0.25) is 0 Å². The Kier molecular flexibility index (Phi) is 6.08. The molecule has 2 aromatic carbocycles. The molecule has 1 aliphatic rings. The van der Waals surface area contributed by atoms with Crippen molar-refractivity contribution in [3.8, 4) is 0 Å². The molecule has 2 N–H and O–H groups in total. The average molecular weight is 426 g/mol. The fourth-order valence-corrected chi connectivity index (χ4v) is 3.91. The highest BCUT2D eigenvalue weighted by Gasteiger charge is 2.26. The van der Waals surface area contributed by atoms with E-state index in [0.29, 0.717) is 24.5 Å². The van der Waals surface area contributed by atoms with Crippen LogP contribution in [0.4, 0.5) is 11.4 Å². The fraction of sp³-hybridized carbons (Fsp3) is 0.273. The van der Waals surface area contributed by atoms with Crippen LogP contribution in [0.3, 0.4) is 0 Å². The van der Waals surface area contributed by atoms with Gasteiger partial charge in [-0.15, -0.1) is 11.8 Å². The van der Waals surface area contributed by atoms with E-state index in [1.54, 1.807) is 36.0 Å². The Morgan fingerprint density at radius 3 is 2.77 bits per heavy atom. The first-order valence-corrected chi connectivity index (χ1v) is 10.8. The van der Waals surface area contributed by atoms with E-state index in [2.05, 4.69) is 10.6 Å². The Hall–Kier alpha value is -2.81. The number of furan rings is 1. The lowest BCUT2D eigenvalue weighted by Gasteiger charge is -2.31. The number of amides is 2. The molecule has 0 unspecified atom stereocenters. The average Bonchev–Trinajstić information content (AvgIpc) is 3.18. The Bertz CT molecular complexity index is 1080. The number of fused-ring (bicyclic) bond motifs is 1. The minimum atomic E-state index is -0.323. The molecule has 0 spiro atoms. The molecule has 2 heterocycles. The molecule has 7 nitrogen and oxygen atoms in total. The van der Waals surface area contributed by atoms with Gasteiger partial charge in [0.1, 0.15) is 11.6 Å². The predicted molar refractivity (Wildman–Crippen MR) is 118 cm³/mol. The maximum atomic E-state index is 12.7. The van der Waals surface area contributed by atoms with E-state index >= 15 is 0 Å². The molecule has 0 aliphatic carbocycles. The van der Waals surface area contributed by atoms with Crippen LogP contribution >= 0.6 is 11.8 Å². The van der Waals surface area contributed by atoms with E-state index in [1.807, 2.05) is 42.5 Å². The van der Waals surface area contributed by atoms with E-state index in [0.717, 1.165) is 22.5 Å². The summed E-state index contributed by atoms with van der Waals surface area (Å²) >= 11 is 1.56. The number of hydrogen-bond acceptors (Lipinski definition) is 6. The molecule has 1 atom stereocenters. The second-order valence-corrected chi connectivity index (χ2v) is 7.93. The van der Waals surface area contributed by atoms with Crippen molar-refractivity contribution in [3.05, 3.63) is 54.3 Å². The van der Waals surface area contributed by atoms with Gasteiger partial charge in [0.15, 0.2) is 5.76 Å². The second-order valence-electron chi connectivity index (χ2n) is 7.08. The van der Waals surface area contributed by atoms with Gasteiger partial charge in [-0.05, 0) is 49.7 Å². The lowest BCUT2D eigenvalue weighted by molar-refractivity contribution is -0.126. The lowest BCUT2D eigenvalue weighted by Crippen LogP contribution is -2.49. The van der Waals surface area contributed by atoms with Gasteiger partial charge in [-0.3, -0.25) is 14.5 Å². The van der Waals surface area contributed by atoms with Crippen LogP contribution in [-0.4, -0.2) is 55.8 Å². The number of carbonyl (C=O) groups is 2. The van der Waals surface area contributed by atoms with Crippen LogP contribution in [0.25, 0.3) is 11.0 Å². The van der Waals surface area contributed by atoms with Gasteiger partial charge in [-0.2, -0.15) is 0 Å². The maximum Gasteiger partial charge on any atom is 0.291 e. The molecule has 0 radical (unpaired) electrons. The summed E-state index contributed by atoms with van der Waals surface area (Å²) in [5.41, 5.74) is 1.96. The summed E-state index contributed by atoms with van der Waals surface area (Å²) in [4.78, 5) is 28.2. The topological polar surface area (TPSA) is 83.8 Å². The van der Waals surface area contributed by atoms with Gasteiger partial charge >= 0.3 is 0 Å². The quantitative estimate of drug-likeness (QED) is 0.607. The van der Waals surface area contributed by atoms with Gasteiger partial charge in [0, 0.05) is 22.5 Å². The number of nitrogens with one attached hydrogen (secondary N) is 2. The van der Waals surface area contributed by atoms with E-state index in [9.17, 15) is 9.59 Å². The van der Waals surface area contributed by atoms with Crippen LogP contribution in [-0.2, 0) is 9.53 Å². The van der Waals surface area contributed by atoms with Crippen molar-refractivity contribution < 1.29 is 18.7 Å². The summed E-state index contributed by atoms with van der Waals surface area (Å²) in [5.74, 6) is -0.226. The van der Waals surface area contributed by atoms with Gasteiger partial charge in [0.25, 0.3) is 5.91 Å². The zero-order chi connectivity index (χ0) is 21.1. The summed E-state index contributed by atoms with van der Waals surface area (Å²) in [6.07, 6.45) is 1.96. The lowest BCUT2D eigenvalue weighted by atomic mass is 10.2. The van der Waals surface area contributed by atoms with E-state index in [4.69, 9.17) is 9.15 Å². The Balaban J connectivity index is 1.49.